The first-order chi connectivity index (χ1) is 9.73. The molecule has 2 rings (SSSR count). The number of nitrogens with one attached hydrogen (secondary N) is 1. The van der Waals surface area contributed by atoms with Crippen LogP contribution in [0.15, 0.2) is 18.3 Å². The fourth-order valence-corrected chi connectivity index (χ4v) is 2.01. The number of nitrogens with zero attached hydrogens (tertiary/aromatic N) is 1. The Morgan fingerprint density at radius 3 is 2.25 bits per heavy atom. The van der Waals surface area contributed by atoms with Crippen LogP contribution in [0, 0.1) is 0 Å². The number of imidazole rings is 1. The molecule has 0 atom stereocenters. The first-order valence-electron chi connectivity index (χ1n) is 6.27. The standard InChI is InChI=1S/C14H19N3O3/c1-18-11-6-9(7-12(19-2)13(11)20-3)14-16-8-10(17-14)4-5-15/h6-8H,4-5,15H2,1-3H3,(H,16,17). The number of aromatic amines is 1. The summed E-state index contributed by atoms with van der Waals surface area (Å²) >= 11 is 0. The maximum atomic E-state index is 5.53. The summed E-state index contributed by atoms with van der Waals surface area (Å²) in [6, 6.07) is 3.71. The number of hydrogen-bond acceptors (Lipinski definition) is 5. The molecule has 108 valence electrons. The number of nitrogens with two attached hydrogens (primary N) is 1. The van der Waals surface area contributed by atoms with E-state index in [4.69, 9.17) is 19.9 Å². The summed E-state index contributed by atoms with van der Waals surface area (Å²) in [6.45, 7) is 0.580. The SMILES string of the molecule is COc1cc(-c2ncc(CCN)[nH]2)cc(OC)c1OC. The van der Waals surface area contributed by atoms with E-state index in [1.807, 2.05) is 12.1 Å². The lowest BCUT2D eigenvalue weighted by Gasteiger charge is -2.13. The van der Waals surface area contributed by atoms with Crippen molar-refractivity contribution in [2.45, 2.75) is 6.42 Å². The highest BCUT2D eigenvalue weighted by Crippen LogP contribution is 2.40. The molecule has 0 saturated heterocycles. The Kier molecular flexibility index (Phi) is 4.47. The van der Waals surface area contributed by atoms with Crippen LogP contribution in [0.3, 0.4) is 0 Å². The number of aromatic nitrogens is 2. The Bertz CT molecular complexity index is 556. The summed E-state index contributed by atoms with van der Waals surface area (Å²) in [6.07, 6.45) is 2.54. The summed E-state index contributed by atoms with van der Waals surface area (Å²) in [4.78, 5) is 7.58. The Labute approximate surface area is 117 Å². The molecule has 1 heterocycles. The zero-order valence-corrected chi connectivity index (χ0v) is 11.9. The minimum Gasteiger partial charge on any atom is -0.493 e. The molecule has 0 aliphatic heterocycles. The molecule has 2 aromatic rings. The summed E-state index contributed by atoms with van der Waals surface area (Å²) in [5.41, 5.74) is 7.39. The van der Waals surface area contributed by atoms with Crippen molar-refractivity contribution in [1.29, 1.82) is 0 Å². The quantitative estimate of drug-likeness (QED) is 0.838. The largest absolute Gasteiger partial charge is 0.493 e. The van der Waals surface area contributed by atoms with Gasteiger partial charge in [-0.1, -0.05) is 0 Å². The van der Waals surface area contributed by atoms with Crippen molar-refractivity contribution >= 4 is 0 Å². The second-order valence-electron chi connectivity index (χ2n) is 4.21. The second kappa shape index (κ2) is 6.29. The first kappa shape index (κ1) is 14.2. The van der Waals surface area contributed by atoms with Crippen LogP contribution in [-0.2, 0) is 6.42 Å². The van der Waals surface area contributed by atoms with Gasteiger partial charge in [0.25, 0.3) is 0 Å². The van der Waals surface area contributed by atoms with Gasteiger partial charge in [-0.05, 0) is 18.7 Å². The molecule has 0 aliphatic rings. The van der Waals surface area contributed by atoms with E-state index in [0.717, 1.165) is 23.5 Å². The van der Waals surface area contributed by atoms with Crippen molar-refractivity contribution in [3.05, 3.63) is 24.0 Å². The molecule has 1 aromatic carbocycles. The van der Waals surface area contributed by atoms with Gasteiger partial charge in [-0.3, -0.25) is 0 Å². The highest BCUT2D eigenvalue weighted by Gasteiger charge is 2.15. The lowest BCUT2D eigenvalue weighted by Crippen LogP contribution is -2.02. The maximum absolute atomic E-state index is 5.53. The van der Waals surface area contributed by atoms with Crippen molar-refractivity contribution in [1.82, 2.24) is 9.97 Å². The van der Waals surface area contributed by atoms with Crippen LogP contribution in [0.25, 0.3) is 11.4 Å². The number of methoxy groups -OCH3 is 3. The molecule has 3 N–H and O–H groups in total. The van der Waals surface area contributed by atoms with Crippen molar-refractivity contribution < 1.29 is 14.2 Å². The van der Waals surface area contributed by atoms with Gasteiger partial charge in [-0.15, -0.1) is 0 Å². The molecule has 1 aromatic heterocycles. The monoisotopic (exact) mass is 277 g/mol. The molecule has 0 unspecified atom stereocenters. The average molecular weight is 277 g/mol. The molecule has 0 radical (unpaired) electrons. The van der Waals surface area contributed by atoms with Crippen LogP contribution >= 0.6 is 0 Å². The van der Waals surface area contributed by atoms with Gasteiger partial charge in [-0.25, -0.2) is 4.98 Å². The molecular formula is C14H19N3O3. The highest BCUT2D eigenvalue weighted by atomic mass is 16.5. The summed E-state index contributed by atoms with van der Waals surface area (Å²) in [5, 5.41) is 0. The van der Waals surface area contributed by atoms with Crippen molar-refractivity contribution in [2.24, 2.45) is 5.73 Å². The number of ether oxygens (including phenoxy) is 3. The van der Waals surface area contributed by atoms with Crippen LogP contribution < -0.4 is 19.9 Å². The van der Waals surface area contributed by atoms with E-state index in [2.05, 4.69) is 9.97 Å². The summed E-state index contributed by atoms with van der Waals surface area (Å²) < 4.78 is 16.0. The summed E-state index contributed by atoms with van der Waals surface area (Å²) in [7, 11) is 4.75. The van der Waals surface area contributed by atoms with E-state index in [-0.39, 0.29) is 0 Å². The molecule has 0 fully saturated rings. The van der Waals surface area contributed by atoms with E-state index >= 15 is 0 Å². The van der Waals surface area contributed by atoms with E-state index in [0.29, 0.717) is 23.8 Å². The lowest BCUT2D eigenvalue weighted by molar-refractivity contribution is 0.324. The summed E-state index contributed by atoms with van der Waals surface area (Å²) in [5.74, 6) is 2.50. The molecule has 0 aliphatic carbocycles. The van der Waals surface area contributed by atoms with E-state index < -0.39 is 0 Å². The Morgan fingerprint density at radius 2 is 1.75 bits per heavy atom. The fourth-order valence-electron chi connectivity index (χ4n) is 2.01. The lowest BCUT2D eigenvalue weighted by atomic mass is 10.1. The van der Waals surface area contributed by atoms with Gasteiger partial charge < -0.3 is 24.9 Å². The Morgan fingerprint density at radius 1 is 1.10 bits per heavy atom. The third kappa shape index (κ3) is 2.70. The van der Waals surface area contributed by atoms with Gasteiger partial charge in [-0.2, -0.15) is 0 Å². The van der Waals surface area contributed by atoms with E-state index in [1.54, 1.807) is 27.5 Å². The number of benzene rings is 1. The third-order valence-corrected chi connectivity index (χ3v) is 2.98. The van der Waals surface area contributed by atoms with Crippen LogP contribution in [0.2, 0.25) is 0 Å². The number of H-pyrrole nitrogens is 1. The van der Waals surface area contributed by atoms with Crippen molar-refractivity contribution in [2.75, 3.05) is 27.9 Å². The molecule has 0 saturated carbocycles. The third-order valence-electron chi connectivity index (χ3n) is 2.98. The topological polar surface area (TPSA) is 82.4 Å². The first-order valence-corrected chi connectivity index (χ1v) is 6.27. The van der Waals surface area contributed by atoms with Gasteiger partial charge in [0, 0.05) is 23.9 Å². The predicted octanol–water partition coefficient (Wildman–Crippen LogP) is 1.60. The normalized spacial score (nSPS) is 10.4. The Balaban J connectivity index is 2.45. The highest BCUT2D eigenvalue weighted by molar-refractivity contribution is 5.66. The predicted molar refractivity (Wildman–Crippen MR) is 76.4 cm³/mol. The molecular weight excluding hydrogens is 258 g/mol. The molecule has 6 heteroatoms. The minimum absolute atomic E-state index is 0.562. The van der Waals surface area contributed by atoms with E-state index in [9.17, 15) is 0 Å². The van der Waals surface area contributed by atoms with Crippen molar-refractivity contribution in [3.8, 4) is 28.6 Å². The van der Waals surface area contributed by atoms with E-state index in [1.165, 1.54) is 0 Å². The van der Waals surface area contributed by atoms with Crippen LogP contribution in [0.5, 0.6) is 17.2 Å². The number of rotatable bonds is 6. The molecule has 20 heavy (non-hydrogen) atoms. The minimum atomic E-state index is 0.562. The Hall–Kier alpha value is -2.21. The molecule has 0 bridgehead atoms. The fraction of sp³-hybridized carbons (Fsp3) is 0.357. The molecule has 6 nitrogen and oxygen atoms in total. The average Bonchev–Trinajstić information content (AvgIpc) is 2.94. The van der Waals surface area contributed by atoms with Crippen LogP contribution in [-0.4, -0.2) is 37.8 Å². The van der Waals surface area contributed by atoms with Gasteiger partial charge >= 0.3 is 0 Å². The number of hydrogen-bond donors (Lipinski definition) is 2. The van der Waals surface area contributed by atoms with Gasteiger partial charge in [0.05, 0.1) is 21.3 Å². The zero-order chi connectivity index (χ0) is 14.5. The van der Waals surface area contributed by atoms with Gasteiger partial charge in [0.1, 0.15) is 5.82 Å². The van der Waals surface area contributed by atoms with Gasteiger partial charge in [0.15, 0.2) is 11.5 Å². The van der Waals surface area contributed by atoms with Gasteiger partial charge in [0.2, 0.25) is 5.75 Å². The van der Waals surface area contributed by atoms with Crippen LogP contribution in [0.1, 0.15) is 5.69 Å². The molecule has 0 spiro atoms. The molecule has 0 amide bonds. The smallest absolute Gasteiger partial charge is 0.203 e. The van der Waals surface area contributed by atoms with Crippen molar-refractivity contribution in [3.63, 3.8) is 0 Å². The second-order valence-corrected chi connectivity index (χ2v) is 4.21. The zero-order valence-electron chi connectivity index (χ0n) is 11.9. The van der Waals surface area contributed by atoms with Crippen LogP contribution in [0.4, 0.5) is 0 Å². The maximum Gasteiger partial charge on any atom is 0.203 e.